The van der Waals surface area contributed by atoms with Crippen molar-refractivity contribution in [3.63, 3.8) is 0 Å². The van der Waals surface area contributed by atoms with Crippen molar-refractivity contribution in [3.05, 3.63) is 34.9 Å². The number of hydrogen-bond acceptors (Lipinski definition) is 7. The highest BCUT2D eigenvalue weighted by atomic mass is 35.5. The summed E-state index contributed by atoms with van der Waals surface area (Å²) in [7, 11) is 0. The molecule has 3 atom stereocenters. The van der Waals surface area contributed by atoms with Crippen LogP contribution in [0.4, 0.5) is 0 Å². The van der Waals surface area contributed by atoms with E-state index in [-0.39, 0.29) is 17.4 Å². The molecule has 2 aliphatic rings. The van der Waals surface area contributed by atoms with Crippen LogP contribution in [0.3, 0.4) is 0 Å². The molecular formula is C33H54ClN5O4. The van der Waals surface area contributed by atoms with Crippen LogP contribution in [0.5, 0.6) is 0 Å². The van der Waals surface area contributed by atoms with Gasteiger partial charge in [-0.15, -0.1) is 0 Å². The van der Waals surface area contributed by atoms with Crippen LogP contribution >= 0.6 is 11.6 Å². The van der Waals surface area contributed by atoms with E-state index in [1.54, 1.807) is 39.8 Å². The fraction of sp³-hybridized carbons (Fsp3) is 0.727. The zero-order valence-corrected chi connectivity index (χ0v) is 28.0. The quantitative estimate of drug-likeness (QED) is 0.284. The van der Waals surface area contributed by atoms with Gasteiger partial charge in [-0.25, -0.2) is 5.01 Å². The number of piperidine rings is 1. The van der Waals surface area contributed by atoms with Gasteiger partial charge in [-0.2, -0.15) is 0 Å². The second-order valence-corrected chi connectivity index (χ2v) is 15.0. The molecule has 0 radical (unpaired) electrons. The number of carbonyl (C=O) groups is 3. The van der Waals surface area contributed by atoms with Crippen molar-refractivity contribution < 1.29 is 19.1 Å². The Morgan fingerprint density at radius 1 is 1.02 bits per heavy atom. The average Bonchev–Trinajstić information content (AvgIpc) is 2.92. The average molecular weight is 620 g/mol. The van der Waals surface area contributed by atoms with E-state index in [2.05, 4.69) is 16.1 Å². The lowest BCUT2D eigenvalue weighted by Gasteiger charge is -2.47. The van der Waals surface area contributed by atoms with Gasteiger partial charge in [0.25, 0.3) is 5.91 Å². The van der Waals surface area contributed by atoms with E-state index in [0.29, 0.717) is 43.3 Å². The van der Waals surface area contributed by atoms with Crippen LogP contribution in [-0.4, -0.2) is 65.1 Å². The topological polar surface area (TPSA) is 126 Å². The summed E-state index contributed by atoms with van der Waals surface area (Å²) in [5.41, 5.74) is 8.88. The number of ether oxygens (including phenoxy) is 1. The minimum absolute atomic E-state index is 0.144. The van der Waals surface area contributed by atoms with Gasteiger partial charge in [-0.3, -0.25) is 19.8 Å². The smallest absolute Gasteiger partial charge is 0.325 e. The zero-order chi connectivity index (χ0) is 32.0. The molecule has 2 unspecified atom stereocenters. The summed E-state index contributed by atoms with van der Waals surface area (Å²) < 4.78 is 5.47. The van der Waals surface area contributed by atoms with E-state index in [1.165, 1.54) is 6.42 Å². The third-order valence-corrected chi connectivity index (χ3v) is 8.85. The van der Waals surface area contributed by atoms with Crippen molar-refractivity contribution in [2.75, 3.05) is 13.1 Å². The number of benzene rings is 1. The summed E-state index contributed by atoms with van der Waals surface area (Å²) in [5, 5.41) is 9.11. The number of nitrogens with zero attached hydrogens (tertiary/aromatic N) is 1. The summed E-state index contributed by atoms with van der Waals surface area (Å²) in [6, 6.07) is 5.21. The number of rotatable bonds is 10. The van der Waals surface area contributed by atoms with Crippen molar-refractivity contribution in [1.82, 2.24) is 21.1 Å². The Bertz CT molecular complexity index is 1080. The maximum absolute atomic E-state index is 13.7. The summed E-state index contributed by atoms with van der Waals surface area (Å²) in [5.74, 6) is -0.245. The first-order valence-electron chi connectivity index (χ1n) is 15.9. The lowest BCUT2D eigenvalue weighted by molar-refractivity contribution is -0.157. The molecule has 2 amide bonds. The Kier molecular flexibility index (Phi) is 12.1. The summed E-state index contributed by atoms with van der Waals surface area (Å²) in [6.45, 7) is 14.4. The standard InChI is InChI=1S/C33H54ClN5O4/c1-22(27(35)29(41)43-32(5,6)7)36-26(21-23-13-15-25(34)16-14-23)28(40)38-39-19-17-33(18-20-39,24-11-9-8-10-12-24)30(42)37-31(2,3)4/h13-16,22,24,26-27,36H,8-12,17-21,35H2,1-7H3,(H,37,42)(H,38,40)/t22?,26-,27?/m1/s1. The van der Waals surface area contributed by atoms with Gasteiger partial charge in [0.2, 0.25) is 5.91 Å². The van der Waals surface area contributed by atoms with Crippen LogP contribution < -0.4 is 21.8 Å². The van der Waals surface area contributed by atoms with Gasteiger partial charge in [0.1, 0.15) is 11.6 Å². The Morgan fingerprint density at radius 3 is 2.14 bits per heavy atom. The first-order valence-corrected chi connectivity index (χ1v) is 16.2. The van der Waals surface area contributed by atoms with Gasteiger partial charge in [0.05, 0.1) is 11.5 Å². The van der Waals surface area contributed by atoms with Gasteiger partial charge in [0, 0.05) is 29.7 Å². The Morgan fingerprint density at radius 2 is 1.60 bits per heavy atom. The van der Waals surface area contributed by atoms with E-state index >= 15 is 0 Å². The van der Waals surface area contributed by atoms with Crippen LogP contribution in [0.2, 0.25) is 5.02 Å². The molecule has 242 valence electrons. The lowest BCUT2D eigenvalue weighted by Crippen LogP contribution is -2.61. The van der Waals surface area contributed by atoms with Gasteiger partial charge in [-0.1, -0.05) is 43.0 Å². The van der Waals surface area contributed by atoms with E-state index in [0.717, 1.165) is 31.2 Å². The molecule has 1 aliphatic heterocycles. The third kappa shape index (κ3) is 10.4. The number of carbonyl (C=O) groups excluding carboxylic acids is 3. The predicted octanol–water partition coefficient (Wildman–Crippen LogP) is 4.51. The number of esters is 1. The molecule has 1 aromatic carbocycles. The summed E-state index contributed by atoms with van der Waals surface area (Å²) in [4.78, 5) is 40.1. The van der Waals surface area contributed by atoms with Crippen LogP contribution in [0, 0.1) is 11.3 Å². The normalized spacial score (nSPS) is 20.5. The van der Waals surface area contributed by atoms with E-state index in [4.69, 9.17) is 22.1 Å². The van der Waals surface area contributed by atoms with Crippen LogP contribution in [0.1, 0.15) is 99.0 Å². The number of nitrogens with one attached hydrogen (secondary N) is 3. The maximum atomic E-state index is 13.7. The minimum atomic E-state index is -0.952. The minimum Gasteiger partial charge on any atom is -0.459 e. The molecule has 3 rings (SSSR count). The second kappa shape index (κ2) is 14.7. The van der Waals surface area contributed by atoms with Crippen LogP contribution in [-0.2, 0) is 25.5 Å². The Hall–Kier alpha value is -2.20. The van der Waals surface area contributed by atoms with Crippen molar-refractivity contribution in [2.24, 2.45) is 17.1 Å². The van der Waals surface area contributed by atoms with Crippen molar-refractivity contribution in [1.29, 1.82) is 0 Å². The molecule has 2 fully saturated rings. The molecular weight excluding hydrogens is 566 g/mol. The van der Waals surface area contributed by atoms with E-state index in [1.807, 2.05) is 37.9 Å². The molecule has 1 saturated heterocycles. The van der Waals surface area contributed by atoms with Crippen LogP contribution in [0.15, 0.2) is 24.3 Å². The number of hydrogen-bond donors (Lipinski definition) is 4. The van der Waals surface area contributed by atoms with Crippen molar-refractivity contribution in [3.8, 4) is 0 Å². The number of nitrogens with two attached hydrogens (primary N) is 1. The number of halogens is 1. The van der Waals surface area contributed by atoms with E-state index < -0.39 is 35.1 Å². The molecule has 0 aromatic heterocycles. The molecule has 0 spiro atoms. The molecule has 0 bridgehead atoms. The SMILES string of the molecule is CC(N[C@H](Cc1ccc(Cl)cc1)C(=O)NN1CCC(C(=O)NC(C)(C)C)(C2CCCCC2)CC1)C(N)C(=O)OC(C)(C)C. The first kappa shape index (κ1) is 35.3. The van der Waals surface area contributed by atoms with Crippen molar-refractivity contribution >= 4 is 29.4 Å². The predicted molar refractivity (Wildman–Crippen MR) is 171 cm³/mol. The maximum Gasteiger partial charge on any atom is 0.325 e. The fourth-order valence-corrected chi connectivity index (χ4v) is 6.40. The summed E-state index contributed by atoms with van der Waals surface area (Å²) >= 11 is 6.09. The van der Waals surface area contributed by atoms with Crippen molar-refractivity contribution in [2.45, 2.75) is 129 Å². The van der Waals surface area contributed by atoms with Gasteiger partial charge >= 0.3 is 5.97 Å². The highest BCUT2D eigenvalue weighted by Gasteiger charge is 2.48. The monoisotopic (exact) mass is 619 g/mol. The largest absolute Gasteiger partial charge is 0.459 e. The lowest BCUT2D eigenvalue weighted by atomic mass is 9.63. The molecule has 1 saturated carbocycles. The van der Waals surface area contributed by atoms with Crippen LogP contribution in [0.25, 0.3) is 0 Å². The van der Waals surface area contributed by atoms with Gasteiger partial charge in [-0.05, 0) is 104 Å². The fourth-order valence-electron chi connectivity index (χ4n) is 6.27. The first-order chi connectivity index (χ1) is 20.0. The summed E-state index contributed by atoms with van der Waals surface area (Å²) in [6.07, 6.45) is 7.47. The second-order valence-electron chi connectivity index (χ2n) is 14.6. The molecule has 10 heteroatoms. The highest BCUT2D eigenvalue weighted by molar-refractivity contribution is 6.30. The number of hydrazine groups is 1. The number of amides is 2. The van der Waals surface area contributed by atoms with Gasteiger partial charge in [0.15, 0.2) is 0 Å². The zero-order valence-electron chi connectivity index (χ0n) is 27.2. The highest BCUT2D eigenvalue weighted by Crippen LogP contribution is 2.46. The molecule has 1 aliphatic carbocycles. The third-order valence-electron chi connectivity index (χ3n) is 8.60. The van der Waals surface area contributed by atoms with Gasteiger partial charge < -0.3 is 21.1 Å². The van der Waals surface area contributed by atoms with E-state index in [9.17, 15) is 14.4 Å². The molecule has 1 heterocycles. The molecule has 43 heavy (non-hydrogen) atoms. The molecule has 9 nitrogen and oxygen atoms in total. The molecule has 1 aromatic rings. The Balaban J connectivity index is 1.72. The molecule has 5 N–H and O–H groups in total. The Labute approximate surface area is 263 Å².